The van der Waals surface area contributed by atoms with Gasteiger partial charge in [-0.15, -0.1) is 0 Å². The molecule has 0 aliphatic heterocycles. The van der Waals surface area contributed by atoms with Crippen LogP contribution in [0.1, 0.15) is 12.5 Å². The van der Waals surface area contributed by atoms with Crippen LogP contribution < -0.4 is 0 Å². The minimum atomic E-state index is -2.44. The third-order valence-electron chi connectivity index (χ3n) is 1.67. The molecule has 1 nitrogen and oxygen atoms in total. The fourth-order valence-electron chi connectivity index (χ4n) is 0.868. The monoisotopic (exact) mass is 183 g/mol. The smallest absolute Gasteiger partial charge is 0.275 e. The summed E-state index contributed by atoms with van der Waals surface area (Å²) in [4.78, 5) is 3.76. The first kappa shape index (κ1) is 9.84. The highest BCUT2D eigenvalue weighted by Crippen LogP contribution is 2.03. The number of aliphatic imine (C=N–C) groups is 1. The Morgan fingerprint density at radius 1 is 1.31 bits per heavy atom. The molecule has 0 spiro atoms. The Kier molecular flexibility index (Phi) is 3.55. The number of hydrogen-bond acceptors (Lipinski definition) is 1. The highest BCUT2D eigenvalue weighted by atomic mass is 19.3. The molecule has 1 aromatic carbocycles. The second-order valence-electron chi connectivity index (χ2n) is 2.74. The fourth-order valence-corrected chi connectivity index (χ4v) is 0.868. The molecule has 0 radical (unpaired) electrons. The quantitative estimate of drug-likeness (QED) is 0.639. The second kappa shape index (κ2) is 4.70. The Balaban J connectivity index is 2.57. The standard InChI is InChI=1S/C10H11F2N/c1-8(10(11)12)13-7-9-5-3-2-4-6-9/h2-6,10H,7H2,1H3/b13-8-. The Hall–Kier alpha value is -1.25. The maximum Gasteiger partial charge on any atom is 0.275 e. The molecule has 0 heterocycles. The highest BCUT2D eigenvalue weighted by Gasteiger charge is 2.05. The predicted octanol–water partition coefficient (Wildman–Crippen LogP) is 2.91. The van der Waals surface area contributed by atoms with Crippen LogP contribution >= 0.6 is 0 Å². The summed E-state index contributed by atoms with van der Waals surface area (Å²) in [6.45, 7) is 1.67. The van der Waals surface area contributed by atoms with Crippen LogP contribution in [0.4, 0.5) is 8.78 Å². The summed E-state index contributed by atoms with van der Waals surface area (Å²) in [5.41, 5.74) is 0.839. The van der Waals surface area contributed by atoms with E-state index in [0.29, 0.717) is 6.54 Å². The van der Waals surface area contributed by atoms with Crippen molar-refractivity contribution in [3.8, 4) is 0 Å². The van der Waals surface area contributed by atoms with Crippen molar-refractivity contribution in [2.24, 2.45) is 4.99 Å². The Bertz CT molecular complexity index is 280. The molecule has 0 fully saturated rings. The minimum absolute atomic E-state index is 0.108. The van der Waals surface area contributed by atoms with Crippen LogP contribution in [0.2, 0.25) is 0 Å². The Morgan fingerprint density at radius 2 is 1.92 bits per heavy atom. The summed E-state index contributed by atoms with van der Waals surface area (Å²) < 4.78 is 24.0. The van der Waals surface area contributed by atoms with Crippen molar-refractivity contribution < 1.29 is 8.78 Å². The SMILES string of the molecule is C/C(=N/Cc1ccccc1)C(F)F. The van der Waals surface area contributed by atoms with Crippen LogP contribution in [0.25, 0.3) is 0 Å². The summed E-state index contributed by atoms with van der Waals surface area (Å²) in [5, 5.41) is 0. The van der Waals surface area contributed by atoms with Gasteiger partial charge in [0.1, 0.15) is 0 Å². The number of benzene rings is 1. The molecule has 0 saturated heterocycles. The average Bonchev–Trinajstić information content (AvgIpc) is 2.15. The molecular weight excluding hydrogens is 172 g/mol. The number of nitrogens with zero attached hydrogens (tertiary/aromatic N) is 1. The van der Waals surface area contributed by atoms with Crippen molar-refractivity contribution in [1.82, 2.24) is 0 Å². The van der Waals surface area contributed by atoms with Crippen LogP contribution in [0, 0.1) is 0 Å². The van der Waals surface area contributed by atoms with Crippen molar-refractivity contribution in [2.45, 2.75) is 19.9 Å². The van der Waals surface area contributed by atoms with Gasteiger partial charge in [0.05, 0.1) is 12.3 Å². The molecule has 0 N–H and O–H groups in total. The maximum absolute atomic E-state index is 12.0. The fraction of sp³-hybridized carbons (Fsp3) is 0.300. The summed E-state index contributed by atoms with van der Waals surface area (Å²) in [6.07, 6.45) is -2.44. The lowest BCUT2D eigenvalue weighted by molar-refractivity contribution is 0.224. The predicted molar refractivity (Wildman–Crippen MR) is 49.3 cm³/mol. The summed E-state index contributed by atoms with van der Waals surface area (Å²) in [5.74, 6) is 0. The molecule has 1 aromatic rings. The molecule has 70 valence electrons. The molecule has 3 heteroatoms. The van der Waals surface area contributed by atoms with Gasteiger partial charge in [0.25, 0.3) is 6.43 Å². The van der Waals surface area contributed by atoms with Crippen molar-refractivity contribution in [3.63, 3.8) is 0 Å². The van der Waals surface area contributed by atoms with Gasteiger partial charge in [-0.25, -0.2) is 8.78 Å². The van der Waals surface area contributed by atoms with E-state index in [9.17, 15) is 8.78 Å². The topological polar surface area (TPSA) is 12.4 Å². The third kappa shape index (κ3) is 3.32. The third-order valence-corrected chi connectivity index (χ3v) is 1.67. The van der Waals surface area contributed by atoms with Crippen LogP contribution in [0.15, 0.2) is 35.3 Å². The molecule has 1 rings (SSSR count). The van der Waals surface area contributed by atoms with Crippen LogP contribution in [0.3, 0.4) is 0 Å². The molecule has 0 atom stereocenters. The van der Waals surface area contributed by atoms with E-state index in [0.717, 1.165) is 5.56 Å². The first-order chi connectivity index (χ1) is 6.20. The van der Waals surface area contributed by atoms with E-state index in [1.165, 1.54) is 6.92 Å². The molecule has 13 heavy (non-hydrogen) atoms. The van der Waals surface area contributed by atoms with Gasteiger partial charge in [0.2, 0.25) is 0 Å². The molecule has 0 unspecified atom stereocenters. The van der Waals surface area contributed by atoms with Crippen LogP contribution in [-0.4, -0.2) is 12.1 Å². The number of alkyl halides is 2. The van der Waals surface area contributed by atoms with Crippen molar-refractivity contribution >= 4 is 5.71 Å². The van der Waals surface area contributed by atoms with E-state index in [-0.39, 0.29) is 5.71 Å². The van der Waals surface area contributed by atoms with Gasteiger partial charge < -0.3 is 0 Å². The zero-order valence-electron chi connectivity index (χ0n) is 7.37. The second-order valence-corrected chi connectivity index (χ2v) is 2.74. The number of rotatable bonds is 3. The van der Waals surface area contributed by atoms with Gasteiger partial charge in [0.15, 0.2) is 0 Å². The van der Waals surface area contributed by atoms with Gasteiger partial charge in [-0.05, 0) is 12.5 Å². The van der Waals surface area contributed by atoms with Crippen LogP contribution in [-0.2, 0) is 6.54 Å². The normalized spacial score (nSPS) is 12.2. The van der Waals surface area contributed by atoms with Gasteiger partial charge in [-0.2, -0.15) is 0 Å². The zero-order valence-corrected chi connectivity index (χ0v) is 7.37. The molecule has 0 bridgehead atoms. The average molecular weight is 183 g/mol. The zero-order chi connectivity index (χ0) is 9.68. The first-order valence-corrected chi connectivity index (χ1v) is 4.03. The number of halogens is 2. The van der Waals surface area contributed by atoms with E-state index in [1.54, 1.807) is 0 Å². The summed E-state index contributed by atoms with van der Waals surface area (Å²) in [7, 11) is 0. The summed E-state index contributed by atoms with van der Waals surface area (Å²) in [6, 6.07) is 9.34. The number of hydrogen-bond donors (Lipinski definition) is 0. The Labute approximate surface area is 76.1 Å². The minimum Gasteiger partial charge on any atom is -0.284 e. The van der Waals surface area contributed by atoms with Gasteiger partial charge in [0, 0.05) is 0 Å². The first-order valence-electron chi connectivity index (χ1n) is 4.03. The molecule has 0 aliphatic carbocycles. The van der Waals surface area contributed by atoms with Gasteiger partial charge in [-0.3, -0.25) is 4.99 Å². The molecule has 0 saturated carbocycles. The lowest BCUT2D eigenvalue weighted by Crippen LogP contribution is -2.05. The van der Waals surface area contributed by atoms with Gasteiger partial charge >= 0.3 is 0 Å². The Morgan fingerprint density at radius 3 is 2.46 bits per heavy atom. The molecule has 0 amide bonds. The molecule has 0 aromatic heterocycles. The molecular formula is C10H11F2N. The van der Waals surface area contributed by atoms with E-state index in [2.05, 4.69) is 4.99 Å². The van der Waals surface area contributed by atoms with E-state index in [1.807, 2.05) is 30.3 Å². The van der Waals surface area contributed by atoms with Crippen molar-refractivity contribution in [1.29, 1.82) is 0 Å². The van der Waals surface area contributed by atoms with Crippen LogP contribution in [0.5, 0.6) is 0 Å². The lowest BCUT2D eigenvalue weighted by atomic mass is 10.2. The summed E-state index contributed by atoms with van der Waals surface area (Å²) >= 11 is 0. The van der Waals surface area contributed by atoms with Crippen molar-refractivity contribution in [3.05, 3.63) is 35.9 Å². The lowest BCUT2D eigenvalue weighted by Gasteiger charge is -1.98. The van der Waals surface area contributed by atoms with Crippen molar-refractivity contribution in [2.75, 3.05) is 0 Å². The van der Waals surface area contributed by atoms with E-state index < -0.39 is 6.43 Å². The largest absolute Gasteiger partial charge is 0.284 e. The van der Waals surface area contributed by atoms with E-state index in [4.69, 9.17) is 0 Å². The highest BCUT2D eigenvalue weighted by molar-refractivity contribution is 5.84. The maximum atomic E-state index is 12.0. The molecule has 0 aliphatic rings. The van der Waals surface area contributed by atoms with E-state index >= 15 is 0 Å². The van der Waals surface area contributed by atoms with Gasteiger partial charge in [-0.1, -0.05) is 30.3 Å².